The van der Waals surface area contributed by atoms with Crippen LogP contribution in [0, 0.1) is 0 Å². The normalized spacial score (nSPS) is 15.9. The molecular weight excluding hydrogens is 366 g/mol. The van der Waals surface area contributed by atoms with Crippen molar-refractivity contribution in [3.8, 4) is 0 Å². The summed E-state index contributed by atoms with van der Waals surface area (Å²) in [5.74, 6) is -0.279. The maximum atomic E-state index is 13.0. The van der Waals surface area contributed by atoms with E-state index < -0.39 is 0 Å². The summed E-state index contributed by atoms with van der Waals surface area (Å²) in [7, 11) is 0. The molecule has 0 aromatic heterocycles. The van der Waals surface area contributed by atoms with Gasteiger partial charge >= 0.3 is 0 Å². The molecule has 0 radical (unpaired) electrons. The molecule has 5 rings (SSSR count). The number of nitrogens with zero attached hydrogens (tertiary/aromatic N) is 1. The van der Waals surface area contributed by atoms with Gasteiger partial charge in [0.05, 0.1) is 10.6 Å². The molecule has 3 nitrogen and oxygen atoms in total. The number of benzene rings is 4. The van der Waals surface area contributed by atoms with Gasteiger partial charge in [0.25, 0.3) is 11.1 Å². The van der Waals surface area contributed by atoms with E-state index in [4.69, 9.17) is 0 Å². The molecule has 1 fully saturated rings. The molecule has 1 heterocycles. The van der Waals surface area contributed by atoms with Crippen LogP contribution in [0.2, 0.25) is 0 Å². The Labute approximate surface area is 166 Å². The van der Waals surface area contributed by atoms with Gasteiger partial charge in [0, 0.05) is 0 Å². The minimum absolute atomic E-state index is 0.271. The van der Waals surface area contributed by atoms with Gasteiger partial charge in [0.15, 0.2) is 0 Å². The third kappa shape index (κ3) is 2.70. The monoisotopic (exact) mass is 381 g/mol. The van der Waals surface area contributed by atoms with Crippen molar-refractivity contribution in [1.82, 2.24) is 0 Å². The number of amides is 2. The van der Waals surface area contributed by atoms with Crippen molar-refractivity contribution in [3.05, 3.63) is 95.4 Å². The van der Waals surface area contributed by atoms with Crippen molar-refractivity contribution in [3.63, 3.8) is 0 Å². The summed E-state index contributed by atoms with van der Waals surface area (Å²) in [6.45, 7) is 0. The zero-order valence-electron chi connectivity index (χ0n) is 14.8. The smallest absolute Gasteiger partial charge is 0.268 e. The maximum Gasteiger partial charge on any atom is 0.298 e. The van der Waals surface area contributed by atoms with Crippen LogP contribution in [0.1, 0.15) is 5.56 Å². The lowest BCUT2D eigenvalue weighted by Gasteiger charge is -2.12. The predicted molar refractivity (Wildman–Crippen MR) is 116 cm³/mol. The van der Waals surface area contributed by atoms with Crippen LogP contribution in [0.25, 0.3) is 27.6 Å². The van der Waals surface area contributed by atoms with Gasteiger partial charge in [0.1, 0.15) is 0 Å². The van der Waals surface area contributed by atoms with Crippen molar-refractivity contribution < 1.29 is 9.59 Å². The number of anilines is 1. The van der Waals surface area contributed by atoms with Crippen molar-refractivity contribution in [2.75, 3.05) is 4.90 Å². The lowest BCUT2D eigenvalue weighted by molar-refractivity contribution is -0.113. The van der Waals surface area contributed by atoms with Crippen LogP contribution in [0.15, 0.2) is 89.8 Å². The van der Waals surface area contributed by atoms with Gasteiger partial charge in [-0.05, 0) is 63.1 Å². The second-order valence-electron chi connectivity index (χ2n) is 6.59. The first-order valence-electron chi connectivity index (χ1n) is 8.96. The Morgan fingerprint density at radius 1 is 0.714 bits per heavy atom. The molecule has 0 aliphatic carbocycles. The van der Waals surface area contributed by atoms with Crippen LogP contribution in [0.4, 0.5) is 10.5 Å². The molecule has 28 heavy (non-hydrogen) atoms. The SMILES string of the molecule is O=C1S/C(=C/c2c3ccccc3cc3ccccc23)C(=O)N1c1ccccc1. The van der Waals surface area contributed by atoms with Crippen LogP contribution >= 0.6 is 11.8 Å². The largest absolute Gasteiger partial charge is 0.298 e. The van der Waals surface area contributed by atoms with E-state index in [0.29, 0.717) is 10.6 Å². The van der Waals surface area contributed by atoms with E-state index >= 15 is 0 Å². The lowest BCUT2D eigenvalue weighted by Crippen LogP contribution is -2.27. The summed E-state index contributed by atoms with van der Waals surface area (Å²) in [6.07, 6.45) is 1.86. The number of para-hydroxylation sites is 1. The van der Waals surface area contributed by atoms with E-state index in [1.54, 1.807) is 12.1 Å². The van der Waals surface area contributed by atoms with Gasteiger partial charge in [-0.15, -0.1) is 0 Å². The minimum Gasteiger partial charge on any atom is -0.268 e. The number of hydrogen-bond donors (Lipinski definition) is 0. The second kappa shape index (κ2) is 6.66. The first-order valence-corrected chi connectivity index (χ1v) is 9.77. The molecule has 2 amide bonds. The van der Waals surface area contributed by atoms with Crippen molar-refractivity contribution in [1.29, 1.82) is 0 Å². The zero-order chi connectivity index (χ0) is 19.1. The number of carbonyl (C=O) groups excluding carboxylic acids is 2. The Morgan fingerprint density at radius 3 is 1.93 bits per heavy atom. The third-order valence-electron chi connectivity index (χ3n) is 4.90. The lowest BCUT2D eigenvalue weighted by atomic mass is 9.96. The fraction of sp³-hybridized carbons (Fsp3) is 0. The summed E-state index contributed by atoms with van der Waals surface area (Å²) >= 11 is 0.987. The first kappa shape index (κ1) is 16.8. The summed E-state index contributed by atoms with van der Waals surface area (Å²) in [5, 5.41) is 4.07. The highest BCUT2D eigenvalue weighted by molar-refractivity contribution is 8.19. The third-order valence-corrected chi connectivity index (χ3v) is 5.77. The van der Waals surface area contributed by atoms with Gasteiger partial charge < -0.3 is 0 Å². The standard InChI is InChI=1S/C24H15NO2S/c26-23-22(28-24(27)25(23)18-10-2-1-3-11-18)15-21-19-12-6-4-8-16(19)14-17-9-5-7-13-20(17)21/h1-15H/b22-15+. The number of thioether (sulfide) groups is 1. The molecule has 4 aromatic rings. The van der Waals surface area contributed by atoms with Crippen molar-refractivity contribution in [2.24, 2.45) is 0 Å². The summed E-state index contributed by atoms with van der Waals surface area (Å²) in [4.78, 5) is 27.2. The van der Waals surface area contributed by atoms with Crippen LogP contribution in [0.3, 0.4) is 0 Å². The van der Waals surface area contributed by atoms with E-state index in [9.17, 15) is 9.59 Å². The zero-order valence-corrected chi connectivity index (χ0v) is 15.6. The van der Waals surface area contributed by atoms with E-state index in [0.717, 1.165) is 38.9 Å². The van der Waals surface area contributed by atoms with E-state index in [1.165, 1.54) is 4.90 Å². The molecule has 4 heteroatoms. The van der Waals surface area contributed by atoms with Crippen LogP contribution in [-0.4, -0.2) is 11.1 Å². The molecule has 0 N–H and O–H groups in total. The number of rotatable bonds is 2. The summed E-state index contributed by atoms with van der Waals surface area (Å²) in [6, 6.07) is 27.4. The Kier molecular flexibility index (Phi) is 3.99. The Balaban J connectivity index is 1.70. The molecule has 0 spiro atoms. The quantitative estimate of drug-likeness (QED) is 0.305. The molecule has 4 aromatic carbocycles. The van der Waals surface area contributed by atoms with Gasteiger partial charge in [-0.3, -0.25) is 9.59 Å². The number of fused-ring (bicyclic) bond motifs is 2. The fourth-order valence-electron chi connectivity index (χ4n) is 3.60. The van der Waals surface area contributed by atoms with Crippen LogP contribution in [0.5, 0.6) is 0 Å². The predicted octanol–water partition coefficient (Wildman–Crippen LogP) is 6.23. The number of hydrogen-bond acceptors (Lipinski definition) is 3. The van der Waals surface area contributed by atoms with Gasteiger partial charge in [0.2, 0.25) is 0 Å². The van der Waals surface area contributed by atoms with Crippen LogP contribution in [-0.2, 0) is 4.79 Å². The van der Waals surface area contributed by atoms with E-state index in [2.05, 4.69) is 30.3 Å². The number of imide groups is 1. The van der Waals surface area contributed by atoms with Crippen molar-refractivity contribution in [2.45, 2.75) is 0 Å². The Bertz CT molecular complexity index is 1220. The Morgan fingerprint density at radius 2 is 1.29 bits per heavy atom. The Hall–Kier alpha value is -3.37. The molecule has 1 aliphatic rings. The van der Waals surface area contributed by atoms with Gasteiger partial charge in [-0.1, -0.05) is 66.7 Å². The molecule has 1 saturated heterocycles. The van der Waals surface area contributed by atoms with E-state index in [-0.39, 0.29) is 11.1 Å². The fourth-order valence-corrected chi connectivity index (χ4v) is 4.43. The average molecular weight is 381 g/mol. The topological polar surface area (TPSA) is 37.4 Å². The first-order chi connectivity index (χ1) is 13.7. The molecule has 0 atom stereocenters. The average Bonchev–Trinajstić information content (AvgIpc) is 3.01. The number of carbonyl (C=O) groups is 2. The van der Waals surface area contributed by atoms with E-state index in [1.807, 2.05) is 48.5 Å². The molecule has 0 bridgehead atoms. The van der Waals surface area contributed by atoms with Gasteiger partial charge in [-0.25, -0.2) is 4.90 Å². The second-order valence-corrected chi connectivity index (χ2v) is 7.58. The molecule has 134 valence electrons. The highest BCUT2D eigenvalue weighted by Crippen LogP contribution is 2.38. The highest BCUT2D eigenvalue weighted by atomic mass is 32.2. The van der Waals surface area contributed by atoms with Crippen molar-refractivity contribution >= 4 is 56.2 Å². The molecule has 1 aliphatic heterocycles. The highest BCUT2D eigenvalue weighted by Gasteiger charge is 2.36. The van der Waals surface area contributed by atoms with Gasteiger partial charge in [-0.2, -0.15) is 0 Å². The van der Waals surface area contributed by atoms with Crippen LogP contribution < -0.4 is 4.90 Å². The molecule has 0 unspecified atom stereocenters. The maximum absolute atomic E-state index is 13.0. The minimum atomic E-state index is -0.279. The molecular formula is C24H15NO2S. The summed E-state index contributed by atoms with van der Waals surface area (Å²) in [5.41, 5.74) is 1.56. The summed E-state index contributed by atoms with van der Waals surface area (Å²) < 4.78 is 0. The molecule has 0 saturated carbocycles.